The molecule has 8 aromatic carbocycles. The number of aromatic nitrogens is 4. The fraction of sp³-hybridized carbons (Fsp3) is 0. The topological polar surface area (TPSA) is 43.6 Å². The van der Waals surface area contributed by atoms with Gasteiger partial charge in [0, 0.05) is 73.5 Å². The lowest BCUT2D eigenvalue weighted by Gasteiger charge is -2.10. The summed E-state index contributed by atoms with van der Waals surface area (Å²) in [5.74, 6) is 1.99. The molecule has 4 aromatic heterocycles. The molecule has 0 saturated carbocycles. The number of para-hydroxylation sites is 1. The van der Waals surface area contributed by atoms with Crippen molar-refractivity contribution in [2.75, 3.05) is 0 Å². The second-order valence-electron chi connectivity index (χ2n) is 14.3. The highest BCUT2D eigenvalue weighted by Crippen LogP contribution is 2.48. The molecule has 6 heteroatoms. The first-order chi connectivity index (χ1) is 28.3. The minimum Gasteiger partial charge on any atom is -0.309 e. The fourth-order valence-electron chi connectivity index (χ4n) is 8.54. The SMILES string of the molecule is c1ccc(-c2nc(-c3ccccc3)nc(-c3cccc4c3sc3cccc(-c5cccc6c5c5cc7c(cc5n6-c5ccccc5)sc5ccccc57)c34)n2)cc1. The zero-order valence-electron chi connectivity index (χ0n) is 30.4. The fourth-order valence-corrected chi connectivity index (χ4v) is 10.9. The van der Waals surface area contributed by atoms with Gasteiger partial charge in [-0.1, -0.05) is 133 Å². The summed E-state index contributed by atoms with van der Waals surface area (Å²) < 4.78 is 7.44. The highest BCUT2D eigenvalue weighted by atomic mass is 32.1. The minimum absolute atomic E-state index is 0.659. The first kappa shape index (κ1) is 32.3. The number of fused-ring (bicyclic) bond motifs is 9. The highest BCUT2D eigenvalue weighted by molar-refractivity contribution is 7.26. The van der Waals surface area contributed by atoms with Crippen molar-refractivity contribution in [1.82, 2.24) is 19.5 Å². The number of nitrogens with zero attached hydrogens (tertiary/aromatic N) is 4. The van der Waals surface area contributed by atoms with E-state index in [1.165, 1.54) is 68.6 Å². The van der Waals surface area contributed by atoms with E-state index in [9.17, 15) is 0 Å². The van der Waals surface area contributed by atoms with Gasteiger partial charge in [0.15, 0.2) is 17.5 Å². The number of thiophene rings is 2. The van der Waals surface area contributed by atoms with E-state index in [0.717, 1.165) is 27.1 Å². The molecule has 0 fully saturated rings. The summed E-state index contributed by atoms with van der Waals surface area (Å²) in [7, 11) is 0. The van der Waals surface area contributed by atoms with Gasteiger partial charge in [-0.15, -0.1) is 22.7 Å². The van der Waals surface area contributed by atoms with Crippen molar-refractivity contribution in [3.05, 3.63) is 182 Å². The van der Waals surface area contributed by atoms with E-state index < -0.39 is 0 Å². The molecule has 0 amide bonds. The van der Waals surface area contributed by atoms with Crippen molar-refractivity contribution in [3.8, 4) is 51.0 Å². The predicted octanol–water partition coefficient (Wildman–Crippen LogP) is 14.4. The van der Waals surface area contributed by atoms with Gasteiger partial charge in [-0.2, -0.15) is 0 Å². The third-order valence-corrected chi connectivity index (χ3v) is 13.4. The number of hydrogen-bond acceptors (Lipinski definition) is 5. The number of hydrogen-bond donors (Lipinski definition) is 0. The van der Waals surface area contributed by atoms with Crippen molar-refractivity contribution in [2.24, 2.45) is 0 Å². The maximum atomic E-state index is 5.13. The molecule has 0 aliphatic rings. The summed E-state index contributed by atoms with van der Waals surface area (Å²) in [6.07, 6.45) is 0. The zero-order valence-corrected chi connectivity index (χ0v) is 32.1. The Morgan fingerprint density at radius 2 is 0.930 bits per heavy atom. The monoisotopic (exact) mass is 762 g/mol. The van der Waals surface area contributed by atoms with Crippen LogP contribution in [-0.2, 0) is 0 Å². The summed E-state index contributed by atoms with van der Waals surface area (Å²) in [6, 6.07) is 64.9. The van der Waals surface area contributed by atoms with Crippen molar-refractivity contribution in [1.29, 1.82) is 0 Å². The second kappa shape index (κ2) is 12.8. The summed E-state index contributed by atoms with van der Waals surface area (Å²) in [5, 5.41) is 7.56. The molecule has 0 atom stereocenters. The lowest BCUT2D eigenvalue weighted by atomic mass is 9.94. The van der Waals surface area contributed by atoms with Gasteiger partial charge in [-0.05, 0) is 59.7 Å². The zero-order chi connectivity index (χ0) is 37.5. The molecule has 0 unspecified atom stereocenters. The van der Waals surface area contributed by atoms with Crippen LogP contribution < -0.4 is 0 Å². The van der Waals surface area contributed by atoms with E-state index in [4.69, 9.17) is 15.0 Å². The third-order valence-electron chi connectivity index (χ3n) is 11.1. The number of benzene rings is 8. The second-order valence-corrected chi connectivity index (χ2v) is 16.5. The molecule has 0 bridgehead atoms. The molecule has 12 aromatic rings. The molecule has 0 aliphatic heterocycles. The van der Waals surface area contributed by atoms with Gasteiger partial charge >= 0.3 is 0 Å². The molecule has 0 radical (unpaired) electrons. The predicted molar refractivity (Wildman–Crippen MR) is 242 cm³/mol. The van der Waals surface area contributed by atoms with E-state index in [-0.39, 0.29) is 0 Å². The Morgan fingerprint density at radius 1 is 0.351 bits per heavy atom. The molecule has 4 nitrogen and oxygen atoms in total. The third kappa shape index (κ3) is 5.08. The summed E-state index contributed by atoms with van der Waals surface area (Å²) in [6.45, 7) is 0. The van der Waals surface area contributed by atoms with Crippen molar-refractivity contribution in [3.63, 3.8) is 0 Å². The lowest BCUT2D eigenvalue weighted by molar-refractivity contribution is 1.08. The summed E-state index contributed by atoms with van der Waals surface area (Å²) in [4.78, 5) is 15.2. The molecule has 4 heterocycles. The first-order valence-corrected chi connectivity index (χ1v) is 20.7. The molecule has 0 aliphatic carbocycles. The van der Waals surface area contributed by atoms with Crippen LogP contribution in [0.4, 0.5) is 0 Å². The van der Waals surface area contributed by atoms with E-state index in [1.807, 2.05) is 47.7 Å². The highest BCUT2D eigenvalue weighted by Gasteiger charge is 2.22. The lowest BCUT2D eigenvalue weighted by Crippen LogP contribution is -2.00. The van der Waals surface area contributed by atoms with Crippen LogP contribution in [0.1, 0.15) is 0 Å². The van der Waals surface area contributed by atoms with Crippen LogP contribution >= 0.6 is 22.7 Å². The minimum atomic E-state index is 0.659. The normalized spacial score (nSPS) is 11.9. The van der Waals surface area contributed by atoms with Crippen molar-refractivity contribution in [2.45, 2.75) is 0 Å². The van der Waals surface area contributed by atoms with Crippen LogP contribution in [0.25, 0.3) is 113 Å². The van der Waals surface area contributed by atoms with Gasteiger partial charge in [0.05, 0.1) is 11.0 Å². The molecule has 12 rings (SSSR count). The maximum absolute atomic E-state index is 5.13. The Bertz CT molecular complexity index is 3450. The molecular formula is C51H30N4S2. The molecule has 0 spiro atoms. The van der Waals surface area contributed by atoms with Crippen LogP contribution in [0.3, 0.4) is 0 Å². The Kier molecular flexibility index (Phi) is 7.24. The van der Waals surface area contributed by atoms with Crippen LogP contribution in [0.5, 0.6) is 0 Å². The summed E-state index contributed by atoms with van der Waals surface area (Å²) in [5.41, 5.74) is 8.92. The Balaban J connectivity index is 1.13. The van der Waals surface area contributed by atoms with E-state index >= 15 is 0 Å². The van der Waals surface area contributed by atoms with Crippen LogP contribution in [0.2, 0.25) is 0 Å². The van der Waals surface area contributed by atoms with Gasteiger partial charge in [0.25, 0.3) is 0 Å². The Morgan fingerprint density at radius 3 is 1.68 bits per heavy atom. The summed E-state index contributed by atoms with van der Waals surface area (Å²) >= 11 is 3.67. The average molecular weight is 763 g/mol. The molecule has 0 saturated heterocycles. The van der Waals surface area contributed by atoms with Gasteiger partial charge in [0.1, 0.15) is 0 Å². The maximum Gasteiger partial charge on any atom is 0.165 e. The van der Waals surface area contributed by atoms with E-state index in [1.54, 1.807) is 11.3 Å². The molecule has 266 valence electrons. The molecule has 57 heavy (non-hydrogen) atoms. The van der Waals surface area contributed by atoms with Crippen molar-refractivity contribution >= 4 is 84.8 Å². The first-order valence-electron chi connectivity index (χ1n) is 19.0. The Labute approximate surface area is 335 Å². The van der Waals surface area contributed by atoms with E-state index in [2.05, 4.69) is 150 Å². The van der Waals surface area contributed by atoms with Crippen LogP contribution in [-0.4, -0.2) is 19.5 Å². The van der Waals surface area contributed by atoms with Crippen molar-refractivity contribution < 1.29 is 0 Å². The van der Waals surface area contributed by atoms with E-state index in [0.29, 0.717) is 17.5 Å². The van der Waals surface area contributed by atoms with Crippen LogP contribution in [0, 0.1) is 0 Å². The van der Waals surface area contributed by atoms with Gasteiger partial charge in [-0.3, -0.25) is 0 Å². The smallest absolute Gasteiger partial charge is 0.165 e. The molecular weight excluding hydrogens is 733 g/mol. The number of rotatable bonds is 5. The van der Waals surface area contributed by atoms with Gasteiger partial charge in [-0.25, -0.2) is 15.0 Å². The van der Waals surface area contributed by atoms with Gasteiger partial charge in [0.2, 0.25) is 0 Å². The standard InChI is InChI=1S/C51H30N4S2/c1-4-15-31(16-5-1)49-52-50(32-17-6-2-7-18-32)54-51(53-49)38-25-12-24-37-47-36(23-14-28-44(47)57-48(37)38)35-22-13-26-41-46(35)40-29-39-34-21-10-11-27-43(34)56-45(39)30-42(40)55(41)33-19-8-3-9-20-33/h1-30H. The van der Waals surface area contributed by atoms with Crippen LogP contribution in [0.15, 0.2) is 182 Å². The largest absolute Gasteiger partial charge is 0.309 e. The molecule has 0 N–H and O–H groups in total. The quantitative estimate of drug-likeness (QED) is 0.175. The van der Waals surface area contributed by atoms with Gasteiger partial charge < -0.3 is 4.57 Å². The average Bonchev–Trinajstić information content (AvgIpc) is 3.95. The Hall–Kier alpha value is -6.99.